The molecule has 150 valence electrons. The molecule has 0 radical (unpaired) electrons. The van der Waals surface area contributed by atoms with Gasteiger partial charge in [0, 0.05) is 16.6 Å². The third-order valence-corrected chi connectivity index (χ3v) is 7.40. The molecule has 0 unspecified atom stereocenters. The lowest BCUT2D eigenvalue weighted by Gasteiger charge is -2.51. The number of hydrogen-bond donors (Lipinski definition) is 1. The lowest BCUT2D eigenvalue weighted by Crippen LogP contribution is -2.56. The van der Waals surface area contributed by atoms with Gasteiger partial charge < -0.3 is 10.6 Å². The van der Waals surface area contributed by atoms with E-state index in [9.17, 15) is 4.79 Å². The van der Waals surface area contributed by atoms with Gasteiger partial charge in [-0.15, -0.1) is 10.2 Å². The fourth-order valence-electron chi connectivity index (χ4n) is 4.50. The maximum Gasteiger partial charge on any atom is 0.237 e. The zero-order valence-corrected chi connectivity index (χ0v) is 18.4. The summed E-state index contributed by atoms with van der Waals surface area (Å²) in [6.07, 6.45) is 0.836. The molecule has 0 aliphatic carbocycles. The molecule has 0 saturated heterocycles. The van der Waals surface area contributed by atoms with Gasteiger partial charge in [0.1, 0.15) is 0 Å². The van der Waals surface area contributed by atoms with Crippen LogP contribution < -0.4 is 10.6 Å². The lowest BCUT2D eigenvalue weighted by molar-refractivity contribution is -0.117. The van der Waals surface area contributed by atoms with Gasteiger partial charge in [-0.2, -0.15) is 0 Å². The zero-order valence-electron chi connectivity index (χ0n) is 16.8. The van der Waals surface area contributed by atoms with Crippen molar-refractivity contribution in [1.82, 2.24) is 10.2 Å². The topological polar surface area (TPSA) is 72.1 Å². The summed E-state index contributed by atoms with van der Waals surface area (Å²) < 4.78 is 0.716. The minimum atomic E-state index is -0.337. The molecule has 5 nitrogen and oxygen atoms in total. The SMILES string of the molecule is CC1(C)C[C@@](C)(c2ccccc2)c2ccccc2N1C(=O)CSc1nnc(N)s1. The number of fused-ring (bicyclic) bond motifs is 1. The summed E-state index contributed by atoms with van der Waals surface area (Å²) in [6.45, 7) is 6.58. The molecular formula is C22H24N4OS2. The molecule has 1 atom stereocenters. The van der Waals surface area contributed by atoms with E-state index in [2.05, 4.69) is 73.4 Å². The average molecular weight is 425 g/mol. The summed E-state index contributed by atoms with van der Waals surface area (Å²) in [5, 5.41) is 8.26. The van der Waals surface area contributed by atoms with E-state index in [1.807, 2.05) is 17.0 Å². The van der Waals surface area contributed by atoms with Crippen LogP contribution in [0, 0.1) is 0 Å². The van der Waals surface area contributed by atoms with E-state index in [-0.39, 0.29) is 16.9 Å². The van der Waals surface area contributed by atoms with Gasteiger partial charge in [0.15, 0.2) is 4.34 Å². The van der Waals surface area contributed by atoms with Crippen molar-refractivity contribution in [3.63, 3.8) is 0 Å². The van der Waals surface area contributed by atoms with Crippen LogP contribution in [0.1, 0.15) is 38.3 Å². The number of nitrogen functional groups attached to an aromatic ring is 1. The van der Waals surface area contributed by atoms with E-state index < -0.39 is 0 Å². The number of carbonyl (C=O) groups is 1. The molecule has 4 rings (SSSR count). The monoisotopic (exact) mass is 424 g/mol. The van der Waals surface area contributed by atoms with E-state index in [0.717, 1.165) is 12.1 Å². The first kappa shape index (κ1) is 19.9. The Balaban J connectivity index is 1.71. The maximum absolute atomic E-state index is 13.3. The number of rotatable bonds is 4. The molecule has 0 bridgehead atoms. The van der Waals surface area contributed by atoms with Crippen LogP contribution in [0.25, 0.3) is 0 Å². The second-order valence-electron chi connectivity index (χ2n) is 8.13. The average Bonchev–Trinajstić information content (AvgIpc) is 3.11. The highest BCUT2D eigenvalue weighted by molar-refractivity contribution is 8.01. The van der Waals surface area contributed by atoms with Crippen molar-refractivity contribution in [3.8, 4) is 0 Å². The Bertz CT molecular complexity index is 1030. The van der Waals surface area contributed by atoms with Crippen molar-refractivity contribution in [1.29, 1.82) is 0 Å². The Morgan fingerprint density at radius 1 is 1.10 bits per heavy atom. The van der Waals surface area contributed by atoms with Gasteiger partial charge in [-0.3, -0.25) is 4.79 Å². The van der Waals surface area contributed by atoms with Crippen molar-refractivity contribution in [2.45, 2.75) is 42.5 Å². The van der Waals surface area contributed by atoms with Crippen molar-refractivity contribution in [3.05, 3.63) is 65.7 Å². The fourth-order valence-corrected chi connectivity index (χ4v) is 5.99. The molecule has 2 N–H and O–H groups in total. The van der Waals surface area contributed by atoms with E-state index in [1.54, 1.807) is 0 Å². The van der Waals surface area contributed by atoms with Crippen LogP contribution in [0.4, 0.5) is 10.8 Å². The van der Waals surface area contributed by atoms with Crippen molar-refractivity contribution in [2.75, 3.05) is 16.4 Å². The quantitative estimate of drug-likeness (QED) is 0.613. The van der Waals surface area contributed by atoms with Crippen LogP contribution in [0.15, 0.2) is 58.9 Å². The number of amides is 1. The van der Waals surface area contributed by atoms with Crippen LogP contribution in [0.5, 0.6) is 0 Å². The van der Waals surface area contributed by atoms with Gasteiger partial charge in [-0.25, -0.2) is 0 Å². The normalized spacial score (nSPS) is 20.3. The number of benzene rings is 2. The summed E-state index contributed by atoms with van der Waals surface area (Å²) in [4.78, 5) is 15.3. The fraction of sp³-hybridized carbons (Fsp3) is 0.318. The first-order valence-electron chi connectivity index (χ1n) is 9.51. The molecule has 0 spiro atoms. The smallest absolute Gasteiger partial charge is 0.237 e. The largest absolute Gasteiger partial charge is 0.374 e. The van der Waals surface area contributed by atoms with Gasteiger partial charge >= 0.3 is 0 Å². The third-order valence-electron chi connectivity index (χ3n) is 5.53. The van der Waals surface area contributed by atoms with E-state index in [0.29, 0.717) is 15.2 Å². The third kappa shape index (κ3) is 3.65. The Kier molecular flexibility index (Phi) is 5.12. The Labute approximate surface area is 179 Å². The van der Waals surface area contributed by atoms with Gasteiger partial charge in [0.2, 0.25) is 11.0 Å². The highest BCUT2D eigenvalue weighted by Crippen LogP contribution is 2.50. The summed E-state index contributed by atoms with van der Waals surface area (Å²) in [7, 11) is 0. The minimum absolute atomic E-state index is 0.0660. The summed E-state index contributed by atoms with van der Waals surface area (Å²) >= 11 is 2.70. The van der Waals surface area contributed by atoms with Gasteiger partial charge in [0.25, 0.3) is 0 Å². The molecule has 1 aliphatic heterocycles. The van der Waals surface area contributed by atoms with Crippen LogP contribution >= 0.6 is 23.1 Å². The van der Waals surface area contributed by atoms with Crippen LogP contribution in [-0.4, -0.2) is 27.4 Å². The van der Waals surface area contributed by atoms with Gasteiger partial charge in [-0.05, 0) is 37.5 Å². The first-order valence-corrected chi connectivity index (χ1v) is 11.3. The van der Waals surface area contributed by atoms with E-state index in [1.165, 1.54) is 34.2 Å². The highest BCUT2D eigenvalue weighted by Gasteiger charge is 2.47. The molecule has 1 aliphatic rings. The molecule has 1 amide bonds. The molecule has 2 aromatic carbocycles. The molecule has 0 fully saturated rings. The van der Waals surface area contributed by atoms with Gasteiger partial charge in [0.05, 0.1) is 5.75 Å². The molecule has 2 heterocycles. The predicted molar refractivity (Wildman–Crippen MR) is 121 cm³/mol. The number of thioether (sulfide) groups is 1. The lowest BCUT2D eigenvalue weighted by atomic mass is 9.65. The van der Waals surface area contributed by atoms with Crippen LogP contribution in [0.3, 0.4) is 0 Å². The van der Waals surface area contributed by atoms with Crippen molar-refractivity contribution in [2.24, 2.45) is 0 Å². The number of para-hydroxylation sites is 1. The van der Waals surface area contributed by atoms with Crippen molar-refractivity contribution >= 4 is 39.8 Å². The highest BCUT2D eigenvalue weighted by atomic mass is 32.2. The Morgan fingerprint density at radius 2 is 1.79 bits per heavy atom. The summed E-state index contributed by atoms with van der Waals surface area (Å²) in [6, 6.07) is 18.8. The van der Waals surface area contributed by atoms with Crippen molar-refractivity contribution < 1.29 is 4.79 Å². The number of hydrogen-bond acceptors (Lipinski definition) is 6. The molecule has 0 saturated carbocycles. The first-order chi connectivity index (χ1) is 13.8. The molecular weight excluding hydrogens is 400 g/mol. The summed E-state index contributed by atoms with van der Waals surface area (Å²) in [5.41, 5.74) is 8.59. The molecule has 3 aromatic rings. The van der Waals surface area contributed by atoms with Gasteiger partial charge in [-0.1, -0.05) is 78.6 Å². The van der Waals surface area contributed by atoms with Crippen LogP contribution in [-0.2, 0) is 10.2 Å². The molecule has 29 heavy (non-hydrogen) atoms. The second kappa shape index (κ2) is 7.46. The summed E-state index contributed by atoms with van der Waals surface area (Å²) in [5.74, 6) is 0.366. The number of anilines is 2. The number of carbonyl (C=O) groups excluding carboxylic acids is 1. The second-order valence-corrected chi connectivity index (χ2v) is 10.4. The Morgan fingerprint density at radius 3 is 2.48 bits per heavy atom. The maximum atomic E-state index is 13.3. The zero-order chi connectivity index (χ0) is 20.6. The van der Waals surface area contributed by atoms with Crippen LogP contribution in [0.2, 0.25) is 0 Å². The predicted octanol–water partition coefficient (Wildman–Crippen LogP) is 4.73. The van der Waals surface area contributed by atoms with E-state index in [4.69, 9.17) is 5.73 Å². The molecule has 1 aromatic heterocycles. The minimum Gasteiger partial charge on any atom is -0.374 e. The Hall–Kier alpha value is -2.38. The molecule has 7 heteroatoms. The number of aromatic nitrogens is 2. The standard InChI is InChI=1S/C22H24N4OS2/c1-21(2)14-22(3,15-9-5-4-6-10-15)16-11-7-8-12-17(16)26(21)18(27)13-28-20-25-24-19(23)29-20/h4-12H,13-14H2,1-3H3,(H2,23,24)/t22-/m0/s1. The number of nitrogens with zero attached hydrogens (tertiary/aromatic N) is 3. The van der Waals surface area contributed by atoms with E-state index >= 15 is 0 Å². The number of nitrogens with two attached hydrogens (primary N) is 1.